The molecule has 5 rings (SSSR count). The fourth-order valence-corrected chi connectivity index (χ4v) is 5.70. The molecule has 0 radical (unpaired) electrons. The molecule has 0 saturated heterocycles. The molecular formula is C24H26N4O6S. The number of nitrogens with one attached hydrogen (secondary N) is 1. The number of ether oxygens (including phenoxy) is 3. The first kappa shape index (κ1) is 23.2. The molecule has 10 nitrogen and oxygen atoms in total. The first-order valence-corrected chi connectivity index (χ1v) is 12.8. The summed E-state index contributed by atoms with van der Waals surface area (Å²) < 4.78 is 45.7. The van der Waals surface area contributed by atoms with E-state index in [1.165, 1.54) is 16.4 Å². The largest absolute Gasteiger partial charge is 0.494 e. The van der Waals surface area contributed by atoms with Crippen LogP contribution in [0.4, 0.5) is 0 Å². The Morgan fingerprint density at radius 2 is 1.91 bits per heavy atom. The fourth-order valence-electron chi connectivity index (χ4n) is 4.30. The molecule has 3 aromatic rings. The van der Waals surface area contributed by atoms with Crippen LogP contribution in [0.2, 0.25) is 0 Å². The zero-order valence-electron chi connectivity index (χ0n) is 19.5. The lowest BCUT2D eigenvalue weighted by atomic mass is 10.1. The molecule has 1 amide bonds. The molecule has 0 bridgehead atoms. The SMILES string of the molecule is CCOc1ccc(S(=O)(=O)N2CCc3c(c(C(=O)NCc4ccc5c(c4)OCO5)nn3C)C2)cc1. The van der Waals surface area contributed by atoms with Gasteiger partial charge in [0.25, 0.3) is 5.91 Å². The summed E-state index contributed by atoms with van der Waals surface area (Å²) in [6.07, 6.45) is 0.463. The summed E-state index contributed by atoms with van der Waals surface area (Å²) in [7, 11) is -1.98. The van der Waals surface area contributed by atoms with Gasteiger partial charge in [0.15, 0.2) is 17.2 Å². The van der Waals surface area contributed by atoms with Crippen LogP contribution in [0.15, 0.2) is 47.4 Å². The Hall–Kier alpha value is -3.57. The van der Waals surface area contributed by atoms with Gasteiger partial charge < -0.3 is 19.5 Å². The van der Waals surface area contributed by atoms with Crippen molar-refractivity contribution in [2.45, 2.75) is 31.3 Å². The average Bonchev–Trinajstić information content (AvgIpc) is 3.47. The fraction of sp³-hybridized carbons (Fsp3) is 0.333. The zero-order valence-corrected chi connectivity index (χ0v) is 20.3. The molecule has 11 heteroatoms. The van der Waals surface area contributed by atoms with Crippen LogP contribution in [0, 0.1) is 0 Å². The number of hydrogen-bond acceptors (Lipinski definition) is 7. The maximum atomic E-state index is 13.3. The molecule has 2 aromatic carbocycles. The molecule has 1 N–H and O–H groups in total. The van der Waals surface area contributed by atoms with E-state index in [0.717, 1.165) is 11.3 Å². The molecule has 1 aromatic heterocycles. The lowest BCUT2D eigenvalue weighted by Crippen LogP contribution is -2.37. The minimum Gasteiger partial charge on any atom is -0.494 e. The van der Waals surface area contributed by atoms with Crippen molar-refractivity contribution in [3.05, 3.63) is 65.0 Å². The number of amides is 1. The molecule has 35 heavy (non-hydrogen) atoms. The number of aromatic nitrogens is 2. The number of carbonyl (C=O) groups excluding carboxylic acids is 1. The summed E-state index contributed by atoms with van der Waals surface area (Å²) in [5.74, 6) is 1.57. The minimum absolute atomic E-state index is 0.0749. The summed E-state index contributed by atoms with van der Waals surface area (Å²) in [5, 5.41) is 7.29. The Kier molecular flexibility index (Phi) is 6.12. The Morgan fingerprint density at radius 1 is 1.14 bits per heavy atom. The van der Waals surface area contributed by atoms with Gasteiger partial charge in [-0.25, -0.2) is 8.42 Å². The van der Waals surface area contributed by atoms with E-state index in [9.17, 15) is 13.2 Å². The number of hydrogen-bond donors (Lipinski definition) is 1. The highest BCUT2D eigenvalue weighted by Gasteiger charge is 2.33. The Balaban J connectivity index is 1.33. The monoisotopic (exact) mass is 498 g/mol. The van der Waals surface area contributed by atoms with Gasteiger partial charge in [-0.3, -0.25) is 9.48 Å². The number of rotatable bonds is 7. The highest BCUT2D eigenvalue weighted by Crippen LogP contribution is 2.32. The average molecular weight is 499 g/mol. The summed E-state index contributed by atoms with van der Waals surface area (Å²) >= 11 is 0. The van der Waals surface area contributed by atoms with Gasteiger partial charge >= 0.3 is 0 Å². The topological polar surface area (TPSA) is 112 Å². The van der Waals surface area contributed by atoms with Crippen molar-refractivity contribution < 1.29 is 27.4 Å². The smallest absolute Gasteiger partial charge is 0.272 e. The summed E-state index contributed by atoms with van der Waals surface area (Å²) in [6, 6.07) is 11.8. The second kappa shape index (κ2) is 9.23. The van der Waals surface area contributed by atoms with Crippen molar-refractivity contribution in [2.75, 3.05) is 19.9 Å². The number of carbonyl (C=O) groups is 1. The molecule has 0 aliphatic carbocycles. The van der Waals surface area contributed by atoms with Gasteiger partial charge in [0.1, 0.15) is 5.75 Å². The van der Waals surface area contributed by atoms with Gasteiger partial charge in [-0.2, -0.15) is 9.40 Å². The van der Waals surface area contributed by atoms with E-state index in [1.54, 1.807) is 29.9 Å². The summed E-state index contributed by atoms with van der Waals surface area (Å²) in [4.78, 5) is 13.2. The molecule has 0 fully saturated rings. The van der Waals surface area contributed by atoms with Crippen molar-refractivity contribution in [3.63, 3.8) is 0 Å². The van der Waals surface area contributed by atoms with Crippen LogP contribution < -0.4 is 19.5 Å². The normalized spacial score (nSPS) is 15.0. The van der Waals surface area contributed by atoms with Crippen LogP contribution >= 0.6 is 0 Å². The standard InChI is InChI=1S/C24H26N4O6S/c1-3-32-17-5-7-18(8-6-17)35(30,31)28-11-10-20-19(14-28)23(26-27(20)2)24(29)25-13-16-4-9-21-22(12-16)34-15-33-21/h4-9,12H,3,10-11,13-15H2,1-2H3,(H,25,29). The predicted octanol–water partition coefficient (Wildman–Crippen LogP) is 2.22. The van der Waals surface area contributed by atoms with Crippen LogP contribution in [-0.2, 0) is 36.6 Å². The molecule has 0 atom stereocenters. The maximum Gasteiger partial charge on any atom is 0.272 e. The van der Waals surface area contributed by atoms with Crippen LogP contribution in [0.25, 0.3) is 0 Å². The molecule has 0 spiro atoms. The van der Waals surface area contributed by atoms with E-state index in [-0.39, 0.29) is 36.4 Å². The Bertz CT molecular complexity index is 1370. The van der Waals surface area contributed by atoms with E-state index in [1.807, 2.05) is 19.1 Å². The van der Waals surface area contributed by atoms with Crippen LogP contribution in [-0.4, -0.2) is 48.4 Å². The predicted molar refractivity (Wildman–Crippen MR) is 126 cm³/mol. The van der Waals surface area contributed by atoms with Crippen LogP contribution in [0.1, 0.15) is 34.2 Å². The molecule has 2 aliphatic heterocycles. The highest BCUT2D eigenvalue weighted by atomic mass is 32.2. The Labute approximate surface area is 203 Å². The zero-order chi connectivity index (χ0) is 24.6. The molecular weight excluding hydrogens is 472 g/mol. The van der Waals surface area contributed by atoms with Crippen LogP contribution in [0.5, 0.6) is 17.2 Å². The summed E-state index contributed by atoms with van der Waals surface area (Å²) in [5.41, 5.74) is 2.56. The van der Waals surface area contributed by atoms with Gasteiger partial charge in [0, 0.05) is 44.4 Å². The number of aryl methyl sites for hydroxylation is 1. The molecule has 0 unspecified atom stereocenters. The van der Waals surface area contributed by atoms with Crippen molar-refractivity contribution in [3.8, 4) is 17.2 Å². The maximum absolute atomic E-state index is 13.3. The molecule has 0 saturated carbocycles. The number of benzene rings is 2. The van der Waals surface area contributed by atoms with Gasteiger partial charge in [-0.1, -0.05) is 6.07 Å². The van der Waals surface area contributed by atoms with Gasteiger partial charge in [0.05, 0.1) is 11.5 Å². The minimum atomic E-state index is -3.75. The van der Waals surface area contributed by atoms with Crippen molar-refractivity contribution in [1.29, 1.82) is 0 Å². The van der Waals surface area contributed by atoms with E-state index < -0.39 is 10.0 Å². The number of sulfonamides is 1. The third kappa shape index (κ3) is 4.44. The summed E-state index contributed by atoms with van der Waals surface area (Å²) in [6.45, 7) is 3.20. The van der Waals surface area contributed by atoms with Gasteiger partial charge in [-0.05, 0) is 48.9 Å². The quantitative estimate of drug-likeness (QED) is 0.532. The second-order valence-electron chi connectivity index (χ2n) is 8.26. The van der Waals surface area contributed by atoms with Crippen molar-refractivity contribution in [2.24, 2.45) is 7.05 Å². The number of fused-ring (bicyclic) bond motifs is 2. The lowest BCUT2D eigenvalue weighted by Gasteiger charge is -2.27. The molecule has 2 aliphatic rings. The first-order chi connectivity index (χ1) is 16.9. The van der Waals surface area contributed by atoms with E-state index in [0.29, 0.717) is 42.4 Å². The van der Waals surface area contributed by atoms with E-state index in [2.05, 4.69) is 10.4 Å². The Morgan fingerprint density at radius 3 is 2.69 bits per heavy atom. The first-order valence-electron chi connectivity index (χ1n) is 11.3. The lowest BCUT2D eigenvalue weighted by molar-refractivity contribution is 0.0943. The molecule has 184 valence electrons. The van der Waals surface area contributed by atoms with Gasteiger partial charge in [0.2, 0.25) is 16.8 Å². The third-order valence-electron chi connectivity index (χ3n) is 6.08. The van der Waals surface area contributed by atoms with Crippen molar-refractivity contribution >= 4 is 15.9 Å². The van der Waals surface area contributed by atoms with E-state index in [4.69, 9.17) is 14.2 Å². The number of nitrogens with zero attached hydrogens (tertiary/aromatic N) is 3. The van der Waals surface area contributed by atoms with E-state index >= 15 is 0 Å². The molecule has 3 heterocycles. The third-order valence-corrected chi connectivity index (χ3v) is 7.94. The highest BCUT2D eigenvalue weighted by molar-refractivity contribution is 7.89. The van der Waals surface area contributed by atoms with Crippen molar-refractivity contribution in [1.82, 2.24) is 19.4 Å². The van der Waals surface area contributed by atoms with Gasteiger partial charge in [-0.15, -0.1) is 0 Å². The second-order valence-corrected chi connectivity index (χ2v) is 10.2. The van der Waals surface area contributed by atoms with Crippen LogP contribution in [0.3, 0.4) is 0 Å².